The lowest BCUT2D eigenvalue weighted by Crippen LogP contribution is -2.38. The van der Waals surface area contributed by atoms with Crippen LogP contribution in [-0.4, -0.2) is 48.4 Å². The van der Waals surface area contributed by atoms with Crippen LogP contribution in [0.25, 0.3) is 0 Å². The molecule has 4 nitrogen and oxygen atoms in total. The summed E-state index contributed by atoms with van der Waals surface area (Å²) >= 11 is 0. The maximum absolute atomic E-state index is 13.9. The zero-order valence-electron chi connectivity index (χ0n) is 12.4. The quantitative estimate of drug-likeness (QED) is 0.869. The topological polar surface area (TPSA) is 35.6 Å². The van der Waals surface area contributed by atoms with Gasteiger partial charge in [-0.3, -0.25) is 10.1 Å². The second-order valence-corrected chi connectivity index (χ2v) is 5.06. The SMILES string of the molecule is CCN(CC)CCN1C(=O)CNC1c1ccc(F)cc1F. The van der Waals surface area contributed by atoms with Crippen LogP contribution in [0.3, 0.4) is 0 Å². The number of nitrogens with one attached hydrogen (secondary N) is 1. The van der Waals surface area contributed by atoms with Crippen LogP contribution in [-0.2, 0) is 4.79 Å². The summed E-state index contributed by atoms with van der Waals surface area (Å²) in [5, 5.41) is 2.99. The molecule has 1 aromatic carbocycles. The Labute approximate surface area is 123 Å². The van der Waals surface area contributed by atoms with Crippen molar-refractivity contribution >= 4 is 5.91 Å². The molecule has 0 saturated carbocycles. The fraction of sp³-hybridized carbons (Fsp3) is 0.533. The highest BCUT2D eigenvalue weighted by molar-refractivity contribution is 5.81. The standard InChI is InChI=1S/C15H21F2N3O/c1-3-19(4-2)7-8-20-14(21)10-18-15(20)12-6-5-11(16)9-13(12)17/h5-6,9,15,18H,3-4,7-8,10H2,1-2H3. The molecule has 1 fully saturated rings. The summed E-state index contributed by atoms with van der Waals surface area (Å²) in [6, 6.07) is 3.46. The Bertz CT molecular complexity index is 506. The summed E-state index contributed by atoms with van der Waals surface area (Å²) in [6.45, 7) is 7.37. The van der Waals surface area contributed by atoms with E-state index in [-0.39, 0.29) is 12.5 Å². The van der Waals surface area contributed by atoms with Crippen molar-refractivity contribution in [2.24, 2.45) is 0 Å². The van der Waals surface area contributed by atoms with Gasteiger partial charge in [-0.25, -0.2) is 8.78 Å². The van der Waals surface area contributed by atoms with E-state index in [9.17, 15) is 13.6 Å². The molecule has 0 radical (unpaired) electrons. The van der Waals surface area contributed by atoms with Gasteiger partial charge >= 0.3 is 0 Å². The Balaban J connectivity index is 2.12. The van der Waals surface area contributed by atoms with Gasteiger partial charge in [0.2, 0.25) is 5.91 Å². The van der Waals surface area contributed by atoms with E-state index < -0.39 is 17.8 Å². The molecule has 1 saturated heterocycles. The molecule has 0 aromatic heterocycles. The third-order valence-electron chi connectivity index (χ3n) is 3.89. The van der Waals surface area contributed by atoms with Crippen LogP contribution in [0.4, 0.5) is 8.78 Å². The molecule has 1 aliphatic rings. The van der Waals surface area contributed by atoms with E-state index in [0.29, 0.717) is 12.1 Å². The molecular formula is C15H21F2N3O. The second kappa shape index (κ2) is 6.95. The van der Waals surface area contributed by atoms with Crippen molar-refractivity contribution < 1.29 is 13.6 Å². The van der Waals surface area contributed by atoms with Crippen molar-refractivity contribution in [2.75, 3.05) is 32.7 Å². The molecule has 2 rings (SSSR count). The van der Waals surface area contributed by atoms with E-state index in [1.165, 1.54) is 12.1 Å². The Morgan fingerprint density at radius 2 is 2.05 bits per heavy atom. The van der Waals surface area contributed by atoms with Gasteiger partial charge in [-0.2, -0.15) is 0 Å². The zero-order chi connectivity index (χ0) is 15.4. The molecular weight excluding hydrogens is 276 g/mol. The van der Waals surface area contributed by atoms with E-state index in [4.69, 9.17) is 0 Å². The minimum atomic E-state index is -0.630. The van der Waals surface area contributed by atoms with E-state index in [1.807, 2.05) is 0 Å². The Hall–Kier alpha value is -1.53. The first-order valence-electron chi connectivity index (χ1n) is 7.27. The van der Waals surface area contributed by atoms with Crippen molar-refractivity contribution in [1.29, 1.82) is 0 Å². The van der Waals surface area contributed by atoms with Crippen molar-refractivity contribution in [3.63, 3.8) is 0 Å². The third-order valence-corrected chi connectivity index (χ3v) is 3.89. The fourth-order valence-corrected chi connectivity index (χ4v) is 2.58. The van der Waals surface area contributed by atoms with Gasteiger partial charge in [-0.15, -0.1) is 0 Å². The Morgan fingerprint density at radius 3 is 2.67 bits per heavy atom. The number of amides is 1. The molecule has 1 aliphatic heterocycles. The van der Waals surface area contributed by atoms with Gasteiger partial charge in [0, 0.05) is 24.7 Å². The lowest BCUT2D eigenvalue weighted by molar-refractivity contribution is -0.128. The predicted molar refractivity (Wildman–Crippen MR) is 76.6 cm³/mol. The van der Waals surface area contributed by atoms with E-state index in [0.717, 1.165) is 25.7 Å². The van der Waals surface area contributed by atoms with Gasteiger partial charge < -0.3 is 9.80 Å². The van der Waals surface area contributed by atoms with Crippen LogP contribution in [0.2, 0.25) is 0 Å². The minimum absolute atomic E-state index is 0.0594. The molecule has 1 unspecified atom stereocenters. The largest absolute Gasteiger partial charge is 0.320 e. The Kier molecular flexibility index (Phi) is 5.25. The van der Waals surface area contributed by atoms with Crippen molar-refractivity contribution in [3.05, 3.63) is 35.4 Å². The number of likely N-dealkylation sites (N-methyl/N-ethyl adjacent to an activating group) is 1. The smallest absolute Gasteiger partial charge is 0.238 e. The third kappa shape index (κ3) is 3.57. The van der Waals surface area contributed by atoms with Gasteiger partial charge in [0.05, 0.1) is 6.54 Å². The Morgan fingerprint density at radius 1 is 1.33 bits per heavy atom. The van der Waals surface area contributed by atoms with Crippen LogP contribution in [0, 0.1) is 11.6 Å². The minimum Gasteiger partial charge on any atom is -0.320 e. The number of carbonyl (C=O) groups excluding carboxylic acids is 1. The summed E-state index contributed by atoms with van der Waals surface area (Å²) in [5.41, 5.74) is 0.307. The fourth-order valence-electron chi connectivity index (χ4n) is 2.58. The van der Waals surface area contributed by atoms with Crippen LogP contribution in [0.1, 0.15) is 25.6 Å². The average Bonchev–Trinajstić information content (AvgIpc) is 2.81. The van der Waals surface area contributed by atoms with Crippen molar-refractivity contribution in [3.8, 4) is 0 Å². The van der Waals surface area contributed by atoms with Gasteiger partial charge in [0.15, 0.2) is 0 Å². The van der Waals surface area contributed by atoms with Crippen molar-refractivity contribution in [2.45, 2.75) is 20.0 Å². The molecule has 1 aromatic rings. The highest BCUT2D eigenvalue weighted by atomic mass is 19.1. The van der Waals surface area contributed by atoms with Crippen LogP contribution in [0.15, 0.2) is 18.2 Å². The molecule has 1 atom stereocenters. The maximum Gasteiger partial charge on any atom is 0.238 e. The lowest BCUT2D eigenvalue weighted by atomic mass is 10.1. The molecule has 0 aliphatic carbocycles. The summed E-state index contributed by atoms with van der Waals surface area (Å²) in [5.74, 6) is -1.30. The number of hydrogen-bond acceptors (Lipinski definition) is 3. The molecule has 1 heterocycles. The zero-order valence-corrected chi connectivity index (χ0v) is 12.4. The number of benzene rings is 1. The number of carbonyl (C=O) groups is 1. The summed E-state index contributed by atoms with van der Waals surface area (Å²) in [4.78, 5) is 15.8. The number of nitrogens with zero attached hydrogens (tertiary/aromatic N) is 2. The molecule has 1 amide bonds. The number of rotatable bonds is 6. The lowest BCUT2D eigenvalue weighted by Gasteiger charge is -2.28. The molecule has 1 N–H and O–H groups in total. The van der Waals surface area contributed by atoms with Gasteiger partial charge in [0.25, 0.3) is 0 Å². The van der Waals surface area contributed by atoms with E-state index in [2.05, 4.69) is 24.1 Å². The molecule has 0 spiro atoms. The van der Waals surface area contributed by atoms with Gasteiger partial charge in [0.1, 0.15) is 17.8 Å². The van der Waals surface area contributed by atoms with Crippen molar-refractivity contribution in [1.82, 2.24) is 15.1 Å². The number of halogens is 2. The molecule has 116 valence electrons. The normalized spacial score (nSPS) is 18.8. The molecule has 21 heavy (non-hydrogen) atoms. The van der Waals surface area contributed by atoms with Crippen LogP contribution in [0.5, 0.6) is 0 Å². The van der Waals surface area contributed by atoms with E-state index >= 15 is 0 Å². The monoisotopic (exact) mass is 297 g/mol. The average molecular weight is 297 g/mol. The highest BCUT2D eigenvalue weighted by Gasteiger charge is 2.33. The predicted octanol–water partition coefficient (Wildman–Crippen LogP) is 1.74. The van der Waals surface area contributed by atoms with Crippen LogP contribution < -0.4 is 5.32 Å². The van der Waals surface area contributed by atoms with Gasteiger partial charge in [-0.05, 0) is 25.2 Å². The summed E-state index contributed by atoms with van der Waals surface area (Å²) in [6.07, 6.45) is -0.520. The first kappa shape index (κ1) is 15.9. The second-order valence-electron chi connectivity index (χ2n) is 5.06. The highest BCUT2D eigenvalue weighted by Crippen LogP contribution is 2.25. The first-order chi connectivity index (χ1) is 10.1. The maximum atomic E-state index is 13.9. The number of hydrogen-bond donors (Lipinski definition) is 1. The molecule has 0 bridgehead atoms. The van der Waals surface area contributed by atoms with Gasteiger partial charge in [-0.1, -0.05) is 13.8 Å². The summed E-state index contributed by atoms with van der Waals surface area (Å²) in [7, 11) is 0. The first-order valence-corrected chi connectivity index (χ1v) is 7.27. The summed E-state index contributed by atoms with van der Waals surface area (Å²) < 4.78 is 26.9. The van der Waals surface area contributed by atoms with E-state index in [1.54, 1.807) is 4.90 Å². The van der Waals surface area contributed by atoms with Crippen LogP contribution >= 0.6 is 0 Å². The molecule has 6 heteroatoms.